The van der Waals surface area contributed by atoms with Crippen LogP contribution < -0.4 is 10.1 Å². The summed E-state index contributed by atoms with van der Waals surface area (Å²) in [5.74, 6) is 0.601. The molecule has 1 saturated heterocycles. The van der Waals surface area contributed by atoms with Crippen molar-refractivity contribution in [3.05, 3.63) is 29.8 Å². The van der Waals surface area contributed by atoms with E-state index in [0.29, 0.717) is 24.3 Å². The molecule has 1 N–H and O–H groups in total. The fraction of sp³-hybridized carbons (Fsp3) is 0.529. The van der Waals surface area contributed by atoms with Gasteiger partial charge in [0.25, 0.3) is 5.91 Å². The highest BCUT2D eigenvalue weighted by Gasteiger charge is 2.15. The summed E-state index contributed by atoms with van der Waals surface area (Å²) in [7, 11) is 1.57. The highest BCUT2D eigenvalue weighted by molar-refractivity contribution is 5.94. The second kappa shape index (κ2) is 8.41. The number of hydrogen-bond acceptors (Lipinski definition) is 3. The Kier molecular flexibility index (Phi) is 6.25. The van der Waals surface area contributed by atoms with E-state index in [4.69, 9.17) is 4.74 Å². The Balaban J connectivity index is 1.77. The first kappa shape index (κ1) is 16.3. The van der Waals surface area contributed by atoms with Gasteiger partial charge in [0.15, 0.2) is 0 Å². The largest absolute Gasteiger partial charge is 0.497 e. The molecule has 120 valence electrons. The molecule has 5 nitrogen and oxygen atoms in total. The number of carbonyl (C=O) groups excluding carboxylic acids is 2. The summed E-state index contributed by atoms with van der Waals surface area (Å²) < 4.78 is 5.10. The predicted molar refractivity (Wildman–Crippen MR) is 85.0 cm³/mol. The molecule has 5 heteroatoms. The molecular formula is C17H24N2O3. The quantitative estimate of drug-likeness (QED) is 0.907. The van der Waals surface area contributed by atoms with E-state index in [1.165, 1.54) is 12.8 Å². The maximum absolute atomic E-state index is 12.1. The van der Waals surface area contributed by atoms with Crippen molar-refractivity contribution < 1.29 is 14.3 Å². The third-order valence-electron chi connectivity index (χ3n) is 3.92. The van der Waals surface area contributed by atoms with Gasteiger partial charge in [-0.2, -0.15) is 0 Å². The van der Waals surface area contributed by atoms with Crippen molar-refractivity contribution in [1.29, 1.82) is 0 Å². The van der Waals surface area contributed by atoms with Crippen molar-refractivity contribution >= 4 is 11.8 Å². The number of methoxy groups -OCH3 is 1. The van der Waals surface area contributed by atoms with Gasteiger partial charge in [-0.15, -0.1) is 0 Å². The molecule has 0 radical (unpaired) electrons. The Morgan fingerprint density at radius 2 is 1.91 bits per heavy atom. The van der Waals surface area contributed by atoms with Gasteiger partial charge in [0.05, 0.1) is 7.11 Å². The molecule has 0 atom stereocenters. The number of amides is 2. The fourth-order valence-electron chi connectivity index (χ4n) is 2.63. The zero-order chi connectivity index (χ0) is 15.8. The molecule has 2 rings (SSSR count). The molecule has 1 aromatic rings. The van der Waals surface area contributed by atoms with E-state index in [9.17, 15) is 9.59 Å². The van der Waals surface area contributed by atoms with Crippen LogP contribution in [0, 0.1) is 0 Å². The summed E-state index contributed by atoms with van der Waals surface area (Å²) in [4.78, 5) is 26.1. The Bertz CT molecular complexity index is 508. The third kappa shape index (κ3) is 4.76. The van der Waals surface area contributed by atoms with E-state index in [1.807, 2.05) is 4.90 Å². The van der Waals surface area contributed by atoms with Crippen molar-refractivity contribution in [2.45, 2.75) is 32.1 Å². The van der Waals surface area contributed by atoms with Crippen LogP contribution in [0.15, 0.2) is 24.3 Å². The van der Waals surface area contributed by atoms with E-state index in [-0.39, 0.29) is 11.8 Å². The van der Waals surface area contributed by atoms with Crippen LogP contribution >= 0.6 is 0 Å². The molecule has 1 aliphatic rings. The van der Waals surface area contributed by atoms with Crippen LogP contribution in [0.1, 0.15) is 42.5 Å². The number of carbonyl (C=O) groups is 2. The minimum atomic E-state index is -0.178. The monoisotopic (exact) mass is 304 g/mol. The SMILES string of the molecule is COc1cccc(C(=O)NCCC(=O)N2CCCCCC2)c1. The number of hydrogen-bond donors (Lipinski definition) is 1. The minimum Gasteiger partial charge on any atom is -0.497 e. The summed E-state index contributed by atoms with van der Waals surface area (Å²) in [6.07, 6.45) is 4.94. The second-order valence-corrected chi connectivity index (χ2v) is 5.53. The first-order valence-electron chi connectivity index (χ1n) is 7.91. The first-order chi connectivity index (χ1) is 10.7. The Morgan fingerprint density at radius 3 is 2.59 bits per heavy atom. The van der Waals surface area contributed by atoms with E-state index >= 15 is 0 Å². The number of ether oxygens (including phenoxy) is 1. The average molecular weight is 304 g/mol. The molecule has 0 aromatic heterocycles. The van der Waals surface area contributed by atoms with E-state index in [1.54, 1.807) is 31.4 Å². The van der Waals surface area contributed by atoms with E-state index in [2.05, 4.69) is 5.32 Å². The maximum atomic E-state index is 12.1. The topological polar surface area (TPSA) is 58.6 Å². The molecule has 0 aliphatic carbocycles. The number of benzene rings is 1. The number of likely N-dealkylation sites (tertiary alicyclic amines) is 1. The second-order valence-electron chi connectivity index (χ2n) is 5.53. The predicted octanol–water partition coefficient (Wildman–Crippen LogP) is 2.22. The van der Waals surface area contributed by atoms with Crippen molar-refractivity contribution in [2.24, 2.45) is 0 Å². The van der Waals surface area contributed by atoms with Crippen LogP contribution in [0.3, 0.4) is 0 Å². The van der Waals surface area contributed by atoms with Gasteiger partial charge in [-0.05, 0) is 31.0 Å². The highest BCUT2D eigenvalue weighted by Crippen LogP contribution is 2.13. The Labute approximate surface area is 131 Å². The Morgan fingerprint density at radius 1 is 1.18 bits per heavy atom. The van der Waals surface area contributed by atoms with Crippen molar-refractivity contribution in [2.75, 3.05) is 26.7 Å². The summed E-state index contributed by atoms with van der Waals surface area (Å²) in [5.41, 5.74) is 0.543. The lowest BCUT2D eigenvalue weighted by Gasteiger charge is -2.20. The van der Waals surface area contributed by atoms with Crippen molar-refractivity contribution in [1.82, 2.24) is 10.2 Å². The number of rotatable bonds is 5. The summed E-state index contributed by atoms with van der Waals surface area (Å²) in [6.45, 7) is 2.07. The van der Waals surface area contributed by atoms with Crippen molar-refractivity contribution in [3.63, 3.8) is 0 Å². The third-order valence-corrected chi connectivity index (χ3v) is 3.92. The Hall–Kier alpha value is -2.04. The summed E-state index contributed by atoms with van der Waals surface area (Å²) in [5, 5.41) is 2.79. The van der Waals surface area contributed by atoms with Crippen LogP contribution in [0.25, 0.3) is 0 Å². The van der Waals surface area contributed by atoms with E-state index < -0.39 is 0 Å². The normalized spacial score (nSPS) is 15.0. The van der Waals surface area contributed by atoms with Gasteiger partial charge in [-0.1, -0.05) is 18.9 Å². The van der Waals surface area contributed by atoms with Crippen LogP contribution in [0.4, 0.5) is 0 Å². The minimum absolute atomic E-state index is 0.132. The lowest BCUT2D eigenvalue weighted by atomic mass is 10.2. The molecule has 1 heterocycles. The van der Waals surface area contributed by atoms with Gasteiger partial charge in [0.1, 0.15) is 5.75 Å². The standard InChI is InChI=1S/C17H24N2O3/c1-22-15-8-6-7-14(13-15)17(21)18-10-9-16(20)19-11-4-2-3-5-12-19/h6-8,13H,2-5,9-12H2,1H3,(H,18,21). The molecule has 0 bridgehead atoms. The maximum Gasteiger partial charge on any atom is 0.251 e. The molecule has 1 aliphatic heterocycles. The zero-order valence-corrected chi connectivity index (χ0v) is 13.1. The van der Waals surface area contributed by atoms with Crippen LogP contribution in [0.2, 0.25) is 0 Å². The number of nitrogens with zero attached hydrogens (tertiary/aromatic N) is 1. The fourth-order valence-corrected chi connectivity index (χ4v) is 2.63. The molecule has 22 heavy (non-hydrogen) atoms. The summed E-state index contributed by atoms with van der Waals surface area (Å²) in [6, 6.07) is 6.98. The van der Waals surface area contributed by atoms with Crippen LogP contribution in [0.5, 0.6) is 5.75 Å². The van der Waals surface area contributed by atoms with Gasteiger partial charge < -0.3 is 15.0 Å². The molecule has 0 unspecified atom stereocenters. The van der Waals surface area contributed by atoms with Crippen molar-refractivity contribution in [3.8, 4) is 5.75 Å². The molecule has 1 fully saturated rings. The molecule has 0 saturated carbocycles. The van der Waals surface area contributed by atoms with Gasteiger partial charge >= 0.3 is 0 Å². The molecular weight excluding hydrogens is 280 g/mol. The molecule has 1 aromatic carbocycles. The van der Waals surface area contributed by atoms with Gasteiger partial charge in [-0.25, -0.2) is 0 Å². The zero-order valence-electron chi connectivity index (χ0n) is 13.1. The smallest absolute Gasteiger partial charge is 0.251 e. The lowest BCUT2D eigenvalue weighted by Crippen LogP contribution is -2.35. The van der Waals surface area contributed by atoms with Crippen LogP contribution in [-0.4, -0.2) is 43.5 Å². The summed E-state index contributed by atoms with van der Waals surface area (Å²) >= 11 is 0. The number of nitrogens with one attached hydrogen (secondary N) is 1. The van der Waals surface area contributed by atoms with E-state index in [0.717, 1.165) is 25.9 Å². The average Bonchev–Trinajstić information content (AvgIpc) is 2.84. The first-order valence-corrected chi connectivity index (χ1v) is 7.91. The lowest BCUT2D eigenvalue weighted by molar-refractivity contribution is -0.131. The molecule has 2 amide bonds. The van der Waals surface area contributed by atoms with Gasteiger partial charge in [-0.3, -0.25) is 9.59 Å². The highest BCUT2D eigenvalue weighted by atomic mass is 16.5. The van der Waals surface area contributed by atoms with Crippen LogP contribution in [-0.2, 0) is 4.79 Å². The van der Waals surface area contributed by atoms with Gasteiger partial charge in [0, 0.05) is 31.6 Å². The molecule has 0 spiro atoms. The van der Waals surface area contributed by atoms with Gasteiger partial charge in [0.2, 0.25) is 5.91 Å².